The molecular formula is C15H24ClFN2O. The van der Waals surface area contributed by atoms with Gasteiger partial charge in [0, 0.05) is 37.8 Å². The van der Waals surface area contributed by atoms with Gasteiger partial charge in [0.25, 0.3) is 0 Å². The van der Waals surface area contributed by atoms with E-state index in [0.717, 1.165) is 44.6 Å². The van der Waals surface area contributed by atoms with Crippen molar-refractivity contribution < 1.29 is 9.13 Å². The second kappa shape index (κ2) is 8.45. The van der Waals surface area contributed by atoms with Gasteiger partial charge in [0.1, 0.15) is 0 Å². The topological polar surface area (TPSA) is 24.5 Å². The minimum absolute atomic E-state index is 0. The van der Waals surface area contributed by atoms with Gasteiger partial charge in [-0.25, -0.2) is 4.39 Å². The van der Waals surface area contributed by atoms with E-state index in [9.17, 15) is 4.39 Å². The van der Waals surface area contributed by atoms with Crippen molar-refractivity contribution in [3.05, 3.63) is 29.6 Å². The first-order chi connectivity index (χ1) is 9.27. The highest BCUT2D eigenvalue weighted by Crippen LogP contribution is 2.34. The Balaban J connectivity index is 0.00000200. The van der Waals surface area contributed by atoms with Gasteiger partial charge >= 0.3 is 0 Å². The van der Waals surface area contributed by atoms with Crippen LogP contribution in [-0.2, 0) is 0 Å². The molecule has 2 rings (SSSR count). The van der Waals surface area contributed by atoms with Crippen molar-refractivity contribution in [2.45, 2.75) is 25.8 Å². The van der Waals surface area contributed by atoms with Gasteiger partial charge in [0.15, 0.2) is 11.6 Å². The number of rotatable bonds is 5. The first-order valence-electron chi connectivity index (χ1n) is 7.05. The van der Waals surface area contributed by atoms with Crippen LogP contribution in [0.25, 0.3) is 0 Å². The standard InChI is InChI=1S/C15H23FN2O.ClH/c1-3-5-14(18-10-8-17-9-11-18)12-6-4-7-13(16)15(12)19-2;/h4,6-7,14,17H,3,5,8-11H2,1-2H3;1H/t14-;/m0./s1. The van der Waals surface area contributed by atoms with E-state index in [4.69, 9.17) is 4.74 Å². The normalized spacial score (nSPS) is 17.4. The molecule has 1 atom stereocenters. The van der Waals surface area contributed by atoms with Crippen LogP contribution in [0, 0.1) is 5.82 Å². The van der Waals surface area contributed by atoms with Crippen molar-refractivity contribution in [1.29, 1.82) is 0 Å². The minimum atomic E-state index is -0.267. The van der Waals surface area contributed by atoms with E-state index < -0.39 is 0 Å². The van der Waals surface area contributed by atoms with Crippen LogP contribution in [0.1, 0.15) is 31.4 Å². The minimum Gasteiger partial charge on any atom is -0.493 e. The number of methoxy groups -OCH3 is 1. The number of hydrogen-bond acceptors (Lipinski definition) is 3. The third-order valence-electron chi connectivity index (χ3n) is 3.72. The second-order valence-corrected chi connectivity index (χ2v) is 4.95. The summed E-state index contributed by atoms with van der Waals surface area (Å²) in [5, 5.41) is 3.36. The maximum atomic E-state index is 13.9. The first-order valence-corrected chi connectivity index (χ1v) is 7.05. The smallest absolute Gasteiger partial charge is 0.165 e. The molecule has 0 radical (unpaired) electrons. The highest BCUT2D eigenvalue weighted by Gasteiger charge is 2.25. The van der Waals surface area contributed by atoms with Crippen LogP contribution in [0.3, 0.4) is 0 Å². The first kappa shape index (κ1) is 17.2. The maximum absolute atomic E-state index is 13.9. The summed E-state index contributed by atoms with van der Waals surface area (Å²) >= 11 is 0. The Morgan fingerprint density at radius 3 is 2.65 bits per heavy atom. The van der Waals surface area contributed by atoms with Gasteiger partial charge in [-0.2, -0.15) is 0 Å². The fourth-order valence-electron chi connectivity index (χ4n) is 2.81. The van der Waals surface area contributed by atoms with Gasteiger partial charge in [-0.1, -0.05) is 25.5 Å². The Kier molecular flexibility index (Phi) is 7.27. The molecule has 1 aromatic rings. The summed E-state index contributed by atoms with van der Waals surface area (Å²) in [6, 6.07) is 5.48. The van der Waals surface area contributed by atoms with E-state index in [-0.39, 0.29) is 24.3 Å². The quantitative estimate of drug-likeness (QED) is 0.905. The van der Waals surface area contributed by atoms with Gasteiger partial charge in [-0.05, 0) is 12.5 Å². The summed E-state index contributed by atoms with van der Waals surface area (Å²) in [4.78, 5) is 2.43. The Morgan fingerprint density at radius 1 is 1.35 bits per heavy atom. The summed E-state index contributed by atoms with van der Waals surface area (Å²) < 4.78 is 19.1. The van der Waals surface area contributed by atoms with E-state index in [2.05, 4.69) is 17.1 Å². The van der Waals surface area contributed by atoms with Gasteiger partial charge in [0.05, 0.1) is 7.11 Å². The molecule has 3 nitrogen and oxygen atoms in total. The van der Waals surface area contributed by atoms with E-state index in [1.807, 2.05) is 6.07 Å². The van der Waals surface area contributed by atoms with Gasteiger partial charge in [-0.3, -0.25) is 4.90 Å². The maximum Gasteiger partial charge on any atom is 0.165 e. The zero-order chi connectivity index (χ0) is 13.7. The number of nitrogens with one attached hydrogen (secondary N) is 1. The number of piperazine rings is 1. The lowest BCUT2D eigenvalue weighted by Gasteiger charge is -2.35. The van der Waals surface area contributed by atoms with Crippen LogP contribution in [0.15, 0.2) is 18.2 Å². The second-order valence-electron chi connectivity index (χ2n) is 4.95. The number of benzene rings is 1. The summed E-state index contributed by atoms with van der Waals surface area (Å²) in [7, 11) is 1.54. The lowest BCUT2D eigenvalue weighted by atomic mass is 9.98. The number of para-hydroxylation sites is 1. The lowest BCUT2D eigenvalue weighted by molar-refractivity contribution is 0.161. The van der Waals surface area contributed by atoms with E-state index in [1.54, 1.807) is 13.2 Å². The monoisotopic (exact) mass is 302 g/mol. The Hall–Kier alpha value is -0.840. The number of hydrogen-bond donors (Lipinski definition) is 1. The molecule has 1 N–H and O–H groups in total. The summed E-state index contributed by atoms with van der Waals surface area (Å²) in [5.41, 5.74) is 0.978. The molecule has 0 aromatic heterocycles. The van der Waals surface area contributed by atoms with Gasteiger partial charge in [0.2, 0.25) is 0 Å². The molecule has 1 aliphatic heterocycles. The molecule has 1 saturated heterocycles. The molecule has 0 spiro atoms. The molecule has 0 saturated carbocycles. The average Bonchev–Trinajstić information content (AvgIpc) is 2.45. The molecule has 1 fully saturated rings. The number of nitrogens with zero attached hydrogens (tertiary/aromatic N) is 1. The third kappa shape index (κ3) is 3.84. The van der Waals surface area contributed by atoms with E-state index in [1.165, 1.54) is 6.07 Å². The SMILES string of the molecule is CCC[C@@H](c1cccc(F)c1OC)N1CCNCC1.Cl. The molecule has 5 heteroatoms. The molecule has 20 heavy (non-hydrogen) atoms. The van der Waals surface area contributed by atoms with Gasteiger partial charge < -0.3 is 10.1 Å². The highest BCUT2D eigenvalue weighted by molar-refractivity contribution is 5.85. The number of ether oxygens (including phenoxy) is 1. The predicted octanol–water partition coefficient (Wildman–Crippen LogP) is 3.00. The summed E-state index contributed by atoms with van der Waals surface area (Å²) in [6.07, 6.45) is 2.11. The Bertz CT molecular complexity index is 411. The Labute approximate surface area is 126 Å². The molecule has 1 heterocycles. The number of halogens is 2. The molecule has 0 amide bonds. The lowest BCUT2D eigenvalue weighted by Crippen LogP contribution is -2.45. The van der Waals surface area contributed by atoms with Crippen LogP contribution in [0.5, 0.6) is 5.75 Å². The summed E-state index contributed by atoms with van der Waals surface area (Å²) in [6.45, 7) is 6.17. The van der Waals surface area contributed by atoms with Crippen molar-refractivity contribution in [3.63, 3.8) is 0 Å². The summed E-state index contributed by atoms with van der Waals surface area (Å²) in [5.74, 6) is 0.135. The van der Waals surface area contributed by atoms with Crippen LogP contribution in [0.2, 0.25) is 0 Å². The fraction of sp³-hybridized carbons (Fsp3) is 0.600. The zero-order valence-electron chi connectivity index (χ0n) is 12.2. The van der Waals surface area contributed by atoms with Crippen LogP contribution >= 0.6 is 12.4 Å². The molecule has 1 aromatic carbocycles. The average molecular weight is 303 g/mol. The molecule has 0 bridgehead atoms. The largest absolute Gasteiger partial charge is 0.493 e. The Morgan fingerprint density at radius 2 is 2.05 bits per heavy atom. The van der Waals surface area contributed by atoms with E-state index in [0.29, 0.717) is 5.75 Å². The van der Waals surface area contributed by atoms with Crippen LogP contribution in [0.4, 0.5) is 4.39 Å². The van der Waals surface area contributed by atoms with Crippen molar-refractivity contribution in [1.82, 2.24) is 10.2 Å². The fourth-order valence-corrected chi connectivity index (χ4v) is 2.81. The molecule has 0 aliphatic carbocycles. The predicted molar refractivity (Wildman–Crippen MR) is 82.3 cm³/mol. The van der Waals surface area contributed by atoms with Crippen molar-refractivity contribution in [2.75, 3.05) is 33.3 Å². The third-order valence-corrected chi connectivity index (χ3v) is 3.72. The van der Waals surface area contributed by atoms with Crippen LogP contribution in [-0.4, -0.2) is 38.2 Å². The van der Waals surface area contributed by atoms with Crippen molar-refractivity contribution >= 4 is 12.4 Å². The molecule has 114 valence electrons. The molecule has 1 aliphatic rings. The molecular weight excluding hydrogens is 279 g/mol. The molecule has 0 unspecified atom stereocenters. The van der Waals surface area contributed by atoms with Crippen molar-refractivity contribution in [3.8, 4) is 5.75 Å². The van der Waals surface area contributed by atoms with Gasteiger partial charge in [-0.15, -0.1) is 12.4 Å². The van der Waals surface area contributed by atoms with Crippen LogP contribution < -0.4 is 10.1 Å². The zero-order valence-corrected chi connectivity index (χ0v) is 13.0. The van der Waals surface area contributed by atoms with E-state index >= 15 is 0 Å². The highest BCUT2D eigenvalue weighted by atomic mass is 35.5. The van der Waals surface area contributed by atoms with Crippen molar-refractivity contribution in [2.24, 2.45) is 0 Å².